The van der Waals surface area contributed by atoms with E-state index in [-0.39, 0.29) is 23.8 Å². The molecule has 0 radical (unpaired) electrons. The lowest BCUT2D eigenvalue weighted by molar-refractivity contribution is -0.384. The van der Waals surface area contributed by atoms with E-state index in [2.05, 4.69) is 15.6 Å². The van der Waals surface area contributed by atoms with Crippen molar-refractivity contribution in [2.75, 3.05) is 23.9 Å². The lowest BCUT2D eigenvalue weighted by Crippen LogP contribution is -2.50. The zero-order valence-electron chi connectivity index (χ0n) is 23.3. The second-order valence-corrected chi connectivity index (χ2v) is 9.66. The van der Waals surface area contributed by atoms with Gasteiger partial charge in [0.25, 0.3) is 11.6 Å². The highest BCUT2D eigenvalue weighted by atomic mass is 16.6. The highest BCUT2D eigenvalue weighted by Crippen LogP contribution is 2.30. The number of aryl methyl sites for hydroxylation is 1. The number of amides is 3. The largest absolute Gasteiger partial charge is 0.496 e. The van der Waals surface area contributed by atoms with E-state index >= 15 is 0 Å². The molecular formula is C32H27N5O6. The molecule has 2 N–H and O–H groups in total. The van der Waals surface area contributed by atoms with Crippen LogP contribution in [0.4, 0.5) is 21.9 Å². The van der Waals surface area contributed by atoms with Gasteiger partial charge in [-0.3, -0.25) is 19.7 Å². The summed E-state index contributed by atoms with van der Waals surface area (Å²) in [5.41, 5.74) is 2.89. The molecule has 11 heteroatoms. The highest BCUT2D eigenvalue weighted by Gasteiger charge is 2.34. The first-order valence-electron chi connectivity index (χ1n) is 13.3. The summed E-state index contributed by atoms with van der Waals surface area (Å²) in [5.74, 6) is -0.707. The summed E-state index contributed by atoms with van der Waals surface area (Å²) in [6.07, 6.45) is -1.47. The number of carbonyl (C=O) groups excluding carboxylic acids is 3. The van der Waals surface area contributed by atoms with Crippen LogP contribution in [-0.4, -0.2) is 48.2 Å². The van der Waals surface area contributed by atoms with Crippen molar-refractivity contribution >= 4 is 40.5 Å². The molecule has 0 saturated heterocycles. The Bertz CT molecular complexity index is 1750. The number of rotatable bonds is 8. The summed E-state index contributed by atoms with van der Waals surface area (Å²) in [6, 6.07) is 26.4. The number of nitro groups is 1. The van der Waals surface area contributed by atoms with Crippen LogP contribution in [0.2, 0.25) is 0 Å². The maximum absolute atomic E-state index is 14.1. The van der Waals surface area contributed by atoms with Crippen molar-refractivity contribution in [1.29, 1.82) is 0 Å². The maximum Gasteiger partial charge on any atom is 0.321 e. The first kappa shape index (κ1) is 28.7. The Morgan fingerprint density at radius 3 is 2.40 bits per heavy atom. The summed E-state index contributed by atoms with van der Waals surface area (Å²) < 4.78 is 5.05. The number of hydrogen-bond acceptors (Lipinski definition) is 7. The molecule has 3 amide bonds. The van der Waals surface area contributed by atoms with Gasteiger partial charge in [-0.1, -0.05) is 72.8 Å². The van der Waals surface area contributed by atoms with E-state index in [0.29, 0.717) is 28.1 Å². The molecule has 11 nitrogen and oxygen atoms in total. The fourth-order valence-corrected chi connectivity index (χ4v) is 4.80. The van der Waals surface area contributed by atoms with E-state index in [0.717, 1.165) is 5.56 Å². The minimum Gasteiger partial charge on any atom is -0.496 e. The summed E-state index contributed by atoms with van der Waals surface area (Å²) in [5, 5.41) is 16.6. The summed E-state index contributed by atoms with van der Waals surface area (Å²) in [6.45, 7) is 1.51. The number of carbonyl (C=O) groups is 3. The number of anilines is 2. The molecule has 43 heavy (non-hydrogen) atoms. The third kappa shape index (κ3) is 6.10. The number of hydrogen-bond donors (Lipinski definition) is 2. The van der Waals surface area contributed by atoms with E-state index in [1.165, 1.54) is 30.2 Å². The minimum atomic E-state index is -1.47. The molecule has 5 rings (SSSR count). The van der Waals surface area contributed by atoms with Crippen molar-refractivity contribution in [3.63, 3.8) is 0 Å². The number of benzodiazepines with no additional fused rings is 1. The van der Waals surface area contributed by atoms with Crippen LogP contribution in [0.1, 0.15) is 27.0 Å². The van der Waals surface area contributed by atoms with Crippen molar-refractivity contribution in [3.05, 3.63) is 129 Å². The number of fused-ring (bicyclic) bond motifs is 1. The molecule has 1 atom stereocenters. The molecule has 0 aliphatic carbocycles. The number of ketones is 1. The number of para-hydroxylation sites is 1. The van der Waals surface area contributed by atoms with Crippen molar-refractivity contribution in [3.8, 4) is 5.75 Å². The molecular weight excluding hydrogens is 550 g/mol. The van der Waals surface area contributed by atoms with Crippen molar-refractivity contribution in [2.45, 2.75) is 13.1 Å². The topological polar surface area (TPSA) is 143 Å². The predicted molar refractivity (Wildman–Crippen MR) is 162 cm³/mol. The van der Waals surface area contributed by atoms with Crippen LogP contribution < -0.4 is 20.3 Å². The van der Waals surface area contributed by atoms with Gasteiger partial charge in [-0.05, 0) is 30.7 Å². The summed E-state index contributed by atoms with van der Waals surface area (Å²) in [4.78, 5) is 57.7. The Labute approximate surface area is 247 Å². The number of benzene rings is 4. The van der Waals surface area contributed by atoms with Crippen LogP contribution in [0.5, 0.6) is 5.75 Å². The van der Waals surface area contributed by atoms with Crippen LogP contribution >= 0.6 is 0 Å². The second kappa shape index (κ2) is 12.4. The second-order valence-electron chi connectivity index (χ2n) is 9.66. The van der Waals surface area contributed by atoms with E-state index in [1.807, 2.05) is 49.4 Å². The minimum absolute atomic E-state index is 0.105. The monoisotopic (exact) mass is 577 g/mol. The molecule has 0 aromatic heterocycles. The van der Waals surface area contributed by atoms with Crippen LogP contribution in [-0.2, 0) is 4.79 Å². The number of Topliss-reactive ketones (excluding diaryl/α,β-unsaturated/α-hetero) is 1. The molecule has 0 spiro atoms. The first-order chi connectivity index (χ1) is 20.8. The fraction of sp³-hybridized carbons (Fsp3) is 0.125. The van der Waals surface area contributed by atoms with Gasteiger partial charge in [0, 0.05) is 16.7 Å². The molecule has 1 aliphatic heterocycles. The van der Waals surface area contributed by atoms with Crippen molar-refractivity contribution < 1.29 is 24.0 Å². The summed E-state index contributed by atoms with van der Waals surface area (Å²) in [7, 11) is 1.37. The fourth-order valence-electron chi connectivity index (χ4n) is 4.80. The number of nitrogens with zero attached hydrogens (tertiary/aromatic N) is 3. The van der Waals surface area contributed by atoms with Crippen LogP contribution in [0.15, 0.2) is 102 Å². The smallest absolute Gasteiger partial charge is 0.321 e. The molecule has 1 heterocycles. The van der Waals surface area contributed by atoms with Gasteiger partial charge in [0.1, 0.15) is 11.4 Å². The molecule has 0 unspecified atom stereocenters. The van der Waals surface area contributed by atoms with Crippen LogP contribution in [0.3, 0.4) is 0 Å². The van der Waals surface area contributed by atoms with Crippen LogP contribution in [0, 0.1) is 17.0 Å². The third-order valence-corrected chi connectivity index (χ3v) is 6.92. The van der Waals surface area contributed by atoms with Gasteiger partial charge in [0.15, 0.2) is 5.78 Å². The number of methoxy groups -OCH3 is 1. The Hall–Kier alpha value is -5.84. The van der Waals surface area contributed by atoms with Crippen LogP contribution in [0.25, 0.3) is 0 Å². The van der Waals surface area contributed by atoms with Crippen molar-refractivity contribution in [1.82, 2.24) is 5.32 Å². The Balaban J connectivity index is 1.54. The lowest BCUT2D eigenvalue weighted by atomic mass is 9.99. The molecule has 0 saturated carbocycles. The molecule has 0 fully saturated rings. The molecule has 1 aliphatic rings. The molecule has 4 aromatic rings. The quantitative estimate of drug-likeness (QED) is 0.169. The normalized spacial score (nSPS) is 14.2. The Kier molecular flexibility index (Phi) is 8.24. The maximum atomic E-state index is 14.1. The average Bonchev–Trinajstić information content (AvgIpc) is 3.12. The Morgan fingerprint density at radius 2 is 1.67 bits per heavy atom. The number of ether oxygens (including phenoxy) is 1. The number of aliphatic imine (C=N–C) groups is 1. The van der Waals surface area contributed by atoms with Gasteiger partial charge in [0.05, 0.1) is 36.0 Å². The van der Waals surface area contributed by atoms with E-state index in [4.69, 9.17) is 4.74 Å². The van der Waals surface area contributed by atoms with E-state index < -0.39 is 28.7 Å². The van der Waals surface area contributed by atoms with Crippen molar-refractivity contribution in [2.24, 2.45) is 4.99 Å². The predicted octanol–water partition coefficient (Wildman–Crippen LogP) is 5.13. The van der Waals surface area contributed by atoms with Gasteiger partial charge >= 0.3 is 6.03 Å². The first-order valence-corrected chi connectivity index (χ1v) is 13.3. The average molecular weight is 578 g/mol. The third-order valence-electron chi connectivity index (χ3n) is 6.92. The zero-order chi connectivity index (χ0) is 30.5. The van der Waals surface area contributed by atoms with Gasteiger partial charge in [-0.2, -0.15) is 0 Å². The summed E-state index contributed by atoms with van der Waals surface area (Å²) >= 11 is 0. The van der Waals surface area contributed by atoms with Gasteiger partial charge < -0.3 is 20.3 Å². The molecule has 4 aromatic carbocycles. The lowest BCUT2D eigenvalue weighted by Gasteiger charge is -2.25. The van der Waals surface area contributed by atoms with E-state index in [1.54, 1.807) is 36.4 Å². The molecule has 216 valence electrons. The number of nitro benzene ring substituents is 1. The van der Waals surface area contributed by atoms with E-state index in [9.17, 15) is 24.5 Å². The zero-order valence-corrected chi connectivity index (χ0v) is 23.3. The van der Waals surface area contributed by atoms with Gasteiger partial charge in [0.2, 0.25) is 6.17 Å². The van der Waals surface area contributed by atoms with Gasteiger partial charge in [-0.15, -0.1) is 0 Å². The number of urea groups is 1. The van der Waals surface area contributed by atoms with Gasteiger partial charge in [-0.25, -0.2) is 9.79 Å². The molecule has 0 bridgehead atoms. The Morgan fingerprint density at radius 1 is 0.977 bits per heavy atom. The standard InChI is InChI=1S/C32H27N5O6/c1-20-10-6-7-13-23(20)28(38)19-36-26-15-9-8-14-24(26)29(21-11-4-3-5-12-21)34-30(31(36)39)35-32(40)33-25-17-16-22(43-2)18-27(25)37(41)42/h3-18,30H,19H2,1-2H3,(H2,33,35,40)/t30-/m0/s1. The number of nitrogens with one attached hydrogen (secondary N) is 2. The highest BCUT2D eigenvalue weighted by molar-refractivity contribution is 6.21. The SMILES string of the molecule is COc1ccc(NC(=O)N[C@@H]2N=C(c3ccccc3)c3ccccc3N(CC(=O)c3ccccc3C)C2=O)c([N+](=O)[O-])c1.